The van der Waals surface area contributed by atoms with E-state index in [1.165, 1.54) is 12.5 Å². The first-order valence-electron chi connectivity index (χ1n) is 6.54. The van der Waals surface area contributed by atoms with E-state index in [9.17, 15) is 4.79 Å². The van der Waals surface area contributed by atoms with Crippen LogP contribution in [-0.2, 0) is 0 Å². The number of carbonyl (C=O) groups excluding carboxylic acids is 1. The number of furan rings is 1. The van der Waals surface area contributed by atoms with Crippen LogP contribution in [0.1, 0.15) is 15.9 Å². The van der Waals surface area contributed by atoms with Gasteiger partial charge in [-0.2, -0.15) is 0 Å². The van der Waals surface area contributed by atoms with Crippen molar-refractivity contribution < 1.29 is 9.21 Å². The van der Waals surface area contributed by atoms with Crippen LogP contribution in [0, 0.1) is 6.92 Å². The zero-order chi connectivity index (χ0) is 15.5. The van der Waals surface area contributed by atoms with E-state index in [0.29, 0.717) is 17.4 Å². The number of anilines is 2. The molecule has 0 saturated carbocycles. The summed E-state index contributed by atoms with van der Waals surface area (Å²) < 4.78 is 5.19. The van der Waals surface area contributed by atoms with E-state index in [-0.39, 0.29) is 11.4 Å². The lowest BCUT2D eigenvalue weighted by atomic mass is 10.2. The van der Waals surface area contributed by atoms with Crippen LogP contribution in [0.2, 0.25) is 0 Å². The first-order valence-corrected chi connectivity index (χ1v) is 6.54. The van der Waals surface area contributed by atoms with Gasteiger partial charge in [0.05, 0.1) is 6.26 Å². The molecule has 3 N–H and O–H groups in total. The normalized spacial score (nSPS) is 10.4. The van der Waals surface area contributed by atoms with Crippen molar-refractivity contribution in [3.63, 3.8) is 0 Å². The maximum absolute atomic E-state index is 12.2. The molecule has 3 rings (SSSR count). The number of nitrogens with two attached hydrogens (primary N) is 1. The Labute approximate surface area is 126 Å². The van der Waals surface area contributed by atoms with Gasteiger partial charge in [0.25, 0.3) is 5.91 Å². The number of nitrogens with zero attached hydrogens (tertiary/aromatic N) is 3. The lowest BCUT2D eigenvalue weighted by molar-refractivity contribution is 0.102. The minimum absolute atomic E-state index is 0.0755. The van der Waals surface area contributed by atoms with E-state index in [4.69, 9.17) is 10.2 Å². The molecule has 0 aliphatic heterocycles. The Balaban J connectivity index is 1.84. The Morgan fingerprint density at radius 1 is 1.32 bits per heavy atom. The summed E-state index contributed by atoms with van der Waals surface area (Å²) in [5.41, 5.74) is 7.01. The van der Waals surface area contributed by atoms with Crippen LogP contribution in [0.15, 0.2) is 47.3 Å². The highest BCUT2D eigenvalue weighted by molar-refractivity contribution is 6.06. The summed E-state index contributed by atoms with van der Waals surface area (Å²) in [4.78, 5) is 24.5. The lowest BCUT2D eigenvalue weighted by Crippen LogP contribution is -2.16. The summed E-state index contributed by atoms with van der Waals surface area (Å²) in [6, 6.07) is 7.03. The minimum atomic E-state index is -0.415. The average molecular weight is 295 g/mol. The van der Waals surface area contributed by atoms with Crippen molar-refractivity contribution in [2.45, 2.75) is 6.92 Å². The average Bonchev–Trinajstić information content (AvgIpc) is 3.01. The molecule has 0 aliphatic carbocycles. The second-order valence-corrected chi connectivity index (χ2v) is 4.64. The molecule has 0 bridgehead atoms. The predicted octanol–water partition coefficient (Wildman–Crippen LogP) is 2.27. The highest BCUT2D eigenvalue weighted by atomic mass is 16.3. The molecule has 7 heteroatoms. The second-order valence-electron chi connectivity index (χ2n) is 4.64. The largest absolute Gasteiger partial charge is 0.461 e. The van der Waals surface area contributed by atoms with Gasteiger partial charge in [0, 0.05) is 12.4 Å². The van der Waals surface area contributed by atoms with E-state index in [2.05, 4.69) is 20.3 Å². The highest BCUT2D eigenvalue weighted by Crippen LogP contribution is 2.18. The fourth-order valence-corrected chi connectivity index (χ4v) is 1.88. The van der Waals surface area contributed by atoms with Crippen molar-refractivity contribution in [2.75, 3.05) is 11.1 Å². The van der Waals surface area contributed by atoms with Gasteiger partial charge in [-0.25, -0.2) is 15.0 Å². The number of nitrogens with one attached hydrogen (secondary N) is 1. The topological polar surface area (TPSA) is 107 Å². The molecule has 0 radical (unpaired) electrons. The van der Waals surface area contributed by atoms with Gasteiger partial charge in [-0.3, -0.25) is 4.79 Å². The Morgan fingerprint density at radius 3 is 2.86 bits per heavy atom. The van der Waals surface area contributed by atoms with E-state index in [1.54, 1.807) is 24.4 Å². The summed E-state index contributed by atoms with van der Waals surface area (Å²) >= 11 is 0. The zero-order valence-electron chi connectivity index (χ0n) is 11.8. The SMILES string of the molecule is Cc1ccnc(NC(=O)c2cnc(-c3ccco3)nc2N)c1. The van der Waals surface area contributed by atoms with Crippen LogP contribution in [0.5, 0.6) is 0 Å². The number of rotatable bonds is 3. The van der Waals surface area contributed by atoms with Crippen molar-refractivity contribution in [1.29, 1.82) is 0 Å². The fraction of sp³-hybridized carbons (Fsp3) is 0.0667. The van der Waals surface area contributed by atoms with Gasteiger partial charge in [0.2, 0.25) is 0 Å². The zero-order valence-corrected chi connectivity index (χ0v) is 11.8. The molecular formula is C15H13N5O2. The molecule has 0 fully saturated rings. The fourth-order valence-electron chi connectivity index (χ4n) is 1.88. The van der Waals surface area contributed by atoms with Gasteiger partial charge in [-0.15, -0.1) is 0 Å². The number of carbonyl (C=O) groups is 1. The van der Waals surface area contributed by atoms with Crippen LogP contribution in [0.25, 0.3) is 11.6 Å². The van der Waals surface area contributed by atoms with Crippen LogP contribution in [0.3, 0.4) is 0 Å². The highest BCUT2D eigenvalue weighted by Gasteiger charge is 2.15. The molecule has 3 aromatic rings. The van der Waals surface area contributed by atoms with Gasteiger partial charge < -0.3 is 15.5 Å². The van der Waals surface area contributed by atoms with Crippen LogP contribution in [-0.4, -0.2) is 20.9 Å². The quantitative estimate of drug-likeness (QED) is 0.767. The Hall–Kier alpha value is -3.22. The standard InChI is InChI=1S/C15H13N5O2/c1-9-4-5-17-12(7-9)19-15(21)10-8-18-14(20-13(10)16)11-3-2-6-22-11/h2-8H,1H3,(H2,16,18,20)(H,17,19,21). The van der Waals surface area contributed by atoms with Crippen molar-refractivity contribution in [2.24, 2.45) is 0 Å². The van der Waals surface area contributed by atoms with E-state index < -0.39 is 5.91 Å². The van der Waals surface area contributed by atoms with Gasteiger partial charge >= 0.3 is 0 Å². The van der Waals surface area contributed by atoms with Gasteiger partial charge in [0.1, 0.15) is 17.2 Å². The van der Waals surface area contributed by atoms with Gasteiger partial charge in [-0.05, 0) is 36.8 Å². The Kier molecular flexibility index (Phi) is 3.53. The van der Waals surface area contributed by atoms with Crippen LogP contribution >= 0.6 is 0 Å². The molecule has 0 saturated heterocycles. The van der Waals surface area contributed by atoms with Gasteiger partial charge in [-0.1, -0.05) is 0 Å². The molecule has 0 atom stereocenters. The maximum Gasteiger partial charge on any atom is 0.262 e. The van der Waals surface area contributed by atoms with Gasteiger partial charge in [0.15, 0.2) is 11.6 Å². The number of aryl methyl sites for hydroxylation is 1. The number of aromatic nitrogens is 3. The van der Waals surface area contributed by atoms with Crippen LogP contribution < -0.4 is 11.1 Å². The van der Waals surface area contributed by atoms with Crippen molar-refractivity contribution >= 4 is 17.5 Å². The molecule has 3 heterocycles. The number of hydrogen-bond acceptors (Lipinski definition) is 6. The minimum Gasteiger partial charge on any atom is -0.461 e. The van der Waals surface area contributed by atoms with E-state index in [1.807, 2.05) is 13.0 Å². The van der Waals surface area contributed by atoms with Crippen LogP contribution in [0.4, 0.5) is 11.6 Å². The number of pyridine rings is 1. The third kappa shape index (κ3) is 2.78. The molecule has 0 spiro atoms. The molecule has 7 nitrogen and oxygen atoms in total. The molecule has 0 unspecified atom stereocenters. The molecule has 1 amide bonds. The summed E-state index contributed by atoms with van der Waals surface area (Å²) in [6.45, 7) is 1.91. The molecule has 3 aromatic heterocycles. The third-order valence-corrected chi connectivity index (χ3v) is 2.96. The molecule has 22 heavy (non-hydrogen) atoms. The first-order chi connectivity index (χ1) is 10.6. The number of nitrogen functional groups attached to an aromatic ring is 1. The van der Waals surface area contributed by atoms with E-state index >= 15 is 0 Å². The van der Waals surface area contributed by atoms with Crippen molar-refractivity contribution in [1.82, 2.24) is 15.0 Å². The molecule has 0 aliphatic rings. The molecular weight excluding hydrogens is 282 g/mol. The lowest BCUT2D eigenvalue weighted by Gasteiger charge is -2.07. The first kappa shape index (κ1) is 13.7. The third-order valence-electron chi connectivity index (χ3n) is 2.96. The number of hydrogen-bond donors (Lipinski definition) is 2. The Bertz CT molecular complexity index is 815. The second kappa shape index (κ2) is 5.65. The molecule has 110 valence electrons. The summed E-state index contributed by atoms with van der Waals surface area (Å²) in [6.07, 6.45) is 4.50. The number of amides is 1. The van der Waals surface area contributed by atoms with Crippen molar-refractivity contribution in [3.05, 3.63) is 54.0 Å². The maximum atomic E-state index is 12.2. The molecule has 0 aromatic carbocycles. The van der Waals surface area contributed by atoms with E-state index in [0.717, 1.165) is 5.56 Å². The predicted molar refractivity (Wildman–Crippen MR) is 81.1 cm³/mol. The van der Waals surface area contributed by atoms with Crippen molar-refractivity contribution in [3.8, 4) is 11.6 Å². The smallest absolute Gasteiger partial charge is 0.262 e. The summed E-state index contributed by atoms with van der Waals surface area (Å²) in [7, 11) is 0. The summed E-state index contributed by atoms with van der Waals surface area (Å²) in [5.74, 6) is 0.916. The summed E-state index contributed by atoms with van der Waals surface area (Å²) in [5, 5.41) is 2.66. The Morgan fingerprint density at radius 2 is 2.18 bits per heavy atom. The monoisotopic (exact) mass is 295 g/mol.